The molecule has 0 radical (unpaired) electrons. The van der Waals surface area contributed by atoms with Crippen LogP contribution in [0.2, 0.25) is 0 Å². The predicted octanol–water partition coefficient (Wildman–Crippen LogP) is 5.23. The second-order valence-electron chi connectivity index (χ2n) is 7.76. The van der Waals surface area contributed by atoms with Gasteiger partial charge in [0.25, 0.3) is 5.91 Å². The van der Waals surface area contributed by atoms with Crippen molar-refractivity contribution >= 4 is 17.9 Å². The van der Waals surface area contributed by atoms with Gasteiger partial charge >= 0.3 is 0 Å². The lowest BCUT2D eigenvalue weighted by atomic mass is 9.87. The van der Waals surface area contributed by atoms with E-state index in [1.165, 1.54) is 0 Å². The molecule has 0 heterocycles. The summed E-state index contributed by atoms with van der Waals surface area (Å²) in [5.74, 6) is 5.94. The summed E-state index contributed by atoms with van der Waals surface area (Å²) >= 11 is 0. The summed E-state index contributed by atoms with van der Waals surface area (Å²) < 4.78 is 5.64. The first-order valence-corrected chi connectivity index (χ1v) is 9.39. The number of anilines is 1. The molecular weight excluding hydrogens is 350 g/mol. The zero-order chi connectivity index (χ0) is 21.3. The third-order valence-corrected chi connectivity index (χ3v) is 4.49. The summed E-state index contributed by atoms with van der Waals surface area (Å²) in [6.07, 6.45) is 2.40. The van der Waals surface area contributed by atoms with Crippen LogP contribution in [0.3, 0.4) is 0 Å². The Hall–Kier alpha value is -2.80. The summed E-state index contributed by atoms with van der Waals surface area (Å²) in [4.78, 5) is 23.2. The van der Waals surface area contributed by atoms with E-state index in [2.05, 4.69) is 44.5 Å². The maximum absolute atomic E-state index is 12.4. The second kappa shape index (κ2) is 10.5. The van der Waals surface area contributed by atoms with Gasteiger partial charge in [-0.25, -0.2) is 0 Å². The molecule has 150 valence electrons. The van der Waals surface area contributed by atoms with Gasteiger partial charge in [0, 0.05) is 12.1 Å². The number of rotatable bonds is 8. The quantitative estimate of drug-likeness (QED) is 0.290. The van der Waals surface area contributed by atoms with E-state index >= 15 is 0 Å². The predicted molar refractivity (Wildman–Crippen MR) is 115 cm³/mol. The van der Waals surface area contributed by atoms with Crippen LogP contribution in [0.25, 0.3) is 0 Å². The Morgan fingerprint density at radius 1 is 1.29 bits per heavy atom. The maximum Gasteiger partial charge on any atom is 0.265 e. The van der Waals surface area contributed by atoms with E-state index in [1.54, 1.807) is 26.0 Å². The van der Waals surface area contributed by atoms with Crippen molar-refractivity contribution in [2.45, 2.75) is 60.0 Å². The number of ether oxygens (including phenoxy) is 1. The van der Waals surface area contributed by atoms with E-state index in [4.69, 9.17) is 4.74 Å². The van der Waals surface area contributed by atoms with Crippen LogP contribution in [0, 0.1) is 17.3 Å². The maximum atomic E-state index is 12.4. The Bertz CT molecular complexity index is 786. The first kappa shape index (κ1) is 23.2. The monoisotopic (exact) mass is 381 g/mol. The summed E-state index contributed by atoms with van der Waals surface area (Å²) in [7, 11) is 0. The molecule has 4 heteroatoms. The van der Waals surface area contributed by atoms with Gasteiger partial charge in [0.1, 0.15) is 12.0 Å². The van der Waals surface area contributed by atoms with Crippen LogP contribution in [-0.2, 0) is 14.3 Å². The highest BCUT2D eigenvalue weighted by molar-refractivity contribution is 5.94. The molecule has 0 aromatic heterocycles. The number of hydrogen-bond acceptors (Lipinski definition) is 3. The summed E-state index contributed by atoms with van der Waals surface area (Å²) in [6.45, 7) is 15.7. The van der Waals surface area contributed by atoms with E-state index < -0.39 is 6.10 Å². The number of carbonyl (C=O) groups is 2. The number of carbonyl (C=O) groups excluding carboxylic acids is 2. The molecule has 0 aliphatic rings. The zero-order valence-corrected chi connectivity index (χ0v) is 17.8. The summed E-state index contributed by atoms with van der Waals surface area (Å²) in [5.41, 5.74) is 2.75. The average molecular weight is 382 g/mol. The van der Waals surface area contributed by atoms with Crippen molar-refractivity contribution in [3.05, 3.63) is 53.8 Å². The van der Waals surface area contributed by atoms with Crippen LogP contribution in [0.4, 0.5) is 5.69 Å². The molecule has 1 aromatic rings. The molecule has 28 heavy (non-hydrogen) atoms. The van der Waals surface area contributed by atoms with Crippen molar-refractivity contribution in [1.82, 2.24) is 0 Å². The fourth-order valence-corrected chi connectivity index (χ4v) is 2.36. The normalized spacial score (nSPS) is 13.6. The molecule has 1 rings (SSSR count). The molecule has 0 spiro atoms. The minimum Gasteiger partial charge on any atom is -0.482 e. The van der Waals surface area contributed by atoms with Gasteiger partial charge in [-0.3, -0.25) is 4.79 Å². The van der Waals surface area contributed by atoms with Crippen LogP contribution >= 0.6 is 0 Å². The Kier molecular flexibility index (Phi) is 8.73. The highest BCUT2D eigenvalue weighted by atomic mass is 16.5. The Balaban J connectivity index is 2.72. The minimum absolute atomic E-state index is 0.0173. The molecule has 1 amide bonds. The van der Waals surface area contributed by atoms with Crippen molar-refractivity contribution in [2.24, 2.45) is 5.41 Å². The zero-order valence-electron chi connectivity index (χ0n) is 17.8. The van der Waals surface area contributed by atoms with Gasteiger partial charge in [-0.1, -0.05) is 51.0 Å². The Labute approximate surface area is 169 Å². The molecule has 1 N–H and O–H groups in total. The Morgan fingerprint density at radius 3 is 2.39 bits per heavy atom. The second-order valence-corrected chi connectivity index (χ2v) is 7.76. The smallest absolute Gasteiger partial charge is 0.265 e. The number of nitrogens with one attached hydrogen (secondary N) is 1. The van der Waals surface area contributed by atoms with Crippen LogP contribution in [-0.4, -0.2) is 18.3 Å². The molecule has 0 fully saturated rings. The van der Waals surface area contributed by atoms with E-state index in [0.29, 0.717) is 17.9 Å². The largest absolute Gasteiger partial charge is 0.482 e. The van der Waals surface area contributed by atoms with Crippen molar-refractivity contribution in [1.29, 1.82) is 0 Å². The molecule has 0 saturated heterocycles. The lowest BCUT2D eigenvalue weighted by Crippen LogP contribution is -2.27. The molecule has 2 atom stereocenters. The molecular formula is C24H31NO3. The number of aldehydes is 1. The highest BCUT2D eigenvalue weighted by Crippen LogP contribution is 2.26. The van der Waals surface area contributed by atoms with Crippen LogP contribution < -0.4 is 5.32 Å². The average Bonchev–Trinajstić information content (AvgIpc) is 2.61. The number of amides is 1. The first-order valence-electron chi connectivity index (χ1n) is 9.39. The van der Waals surface area contributed by atoms with E-state index in [1.807, 2.05) is 25.1 Å². The molecule has 0 bridgehead atoms. The summed E-state index contributed by atoms with van der Waals surface area (Å²) in [6, 6.07) is 7.34. The molecule has 0 aliphatic carbocycles. The summed E-state index contributed by atoms with van der Waals surface area (Å²) in [5, 5.41) is 2.83. The number of hydrogen-bond donors (Lipinski definition) is 1. The van der Waals surface area contributed by atoms with Gasteiger partial charge in [0.2, 0.25) is 0 Å². The number of allylic oxidation sites excluding steroid dienone is 2. The highest BCUT2D eigenvalue weighted by Gasteiger charge is 2.17. The molecule has 4 nitrogen and oxygen atoms in total. The standard InChI is InChI=1S/C24H31NO3/c1-8-9-20(14-15-26)21-10-12-22(13-11-21)25-23(27)19(4)28-18(3)16-17(2)24(5,6)7/h10-13,15-16,19-20H,3,14H2,1-2,4-7H3,(H,25,27)/b17-16+. The molecule has 1 aromatic carbocycles. The van der Waals surface area contributed by atoms with Crippen LogP contribution in [0.5, 0.6) is 0 Å². The van der Waals surface area contributed by atoms with Crippen LogP contribution in [0.1, 0.15) is 59.4 Å². The van der Waals surface area contributed by atoms with Crippen molar-refractivity contribution in [3.63, 3.8) is 0 Å². The fourth-order valence-electron chi connectivity index (χ4n) is 2.36. The number of benzene rings is 1. The van der Waals surface area contributed by atoms with Gasteiger partial charge in [-0.2, -0.15) is 0 Å². The van der Waals surface area contributed by atoms with Gasteiger partial charge in [0.05, 0.1) is 5.92 Å². The Morgan fingerprint density at radius 2 is 1.89 bits per heavy atom. The third kappa shape index (κ3) is 7.44. The van der Waals surface area contributed by atoms with Crippen LogP contribution in [0.15, 0.2) is 48.3 Å². The minimum atomic E-state index is -0.676. The van der Waals surface area contributed by atoms with Gasteiger partial charge in [0.15, 0.2) is 6.10 Å². The third-order valence-electron chi connectivity index (χ3n) is 4.49. The lowest BCUT2D eigenvalue weighted by molar-refractivity contribution is -0.124. The topological polar surface area (TPSA) is 55.4 Å². The van der Waals surface area contributed by atoms with Crippen molar-refractivity contribution in [2.75, 3.05) is 5.32 Å². The van der Waals surface area contributed by atoms with E-state index in [0.717, 1.165) is 17.4 Å². The van der Waals surface area contributed by atoms with Crippen molar-refractivity contribution in [3.8, 4) is 11.8 Å². The lowest BCUT2D eigenvalue weighted by Gasteiger charge is -2.21. The first-order chi connectivity index (χ1) is 13.1. The fraction of sp³-hybridized carbons (Fsp3) is 0.417. The van der Waals surface area contributed by atoms with Crippen molar-refractivity contribution < 1.29 is 14.3 Å². The van der Waals surface area contributed by atoms with Gasteiger partial charge in [-0.15, -0.1) is 5.92 Å². The van der Waals surface area contributed by atoms with E-state index in [9.17, 15) is 9.59 Å². The SMILES string of the molecule is C=C(/C=C(\C)C(C)(C)C)OC(C)C(=O)Nc1ccc(C(C#CC)CC=O)cc1. The molecule has 0 aliphatic heterocycles. The van der Waals surface area contributed by atoms with Gasteiger partial charge in [-0.05, 0) is 50.0 Å². The van der Waals surface area contributed by atoms with E-state index in [-0.39, 0.29) is 17.2 Å². The molecule has 0 saturated carbocycles. The van der Waals surface area contributed by atoms with Gasteiger partial charge < -0.3 is 14.8 Å². The molecule has 2 unspecified atom stereocenters.